The number of carbonyl (C=O) groups excluding carboxylic acids is 2. The summed E-state index contributed by atoms with van der Waals surface area (Å²) in [6.45, 7) is 2.61. The predicted molar refractivity (Wildman–Crippen MR) is 80.6 cm³/mol. The third-order valence-corrected chi connectivity index (χ3v) is 3.64. The van der Waals surface area contributed by atoms with Crippen LogP contribution in [0.4, 0.5) is 5.69 Å². The van der Waals surface area contributed by atoms with Crippen LogP contribution in [0.2, 0.25) is 0 Å². The van der Waals surface area contributed by atoms with Gasteiger partial charge in [0.2, 0.25) is 0 Å². The highest BCUT2D eigenvalue weighted by atomic mass is 16.5. The molecule has 2 saturated heterocycles. The molecule has 2 heterocycles. The van der Waals surface area contributed by atoms with E-state index in [1.807, 2.05) is 34.9 Å². The third-order valence-electron chi connectivity index (χ3n) is 3.64. The number of anilines is 1. The zero-order valence-electron chi connectivity index (χ0n) is 12.2. The quantitative estimate of drug-likeness (QED) is 0.644. The Labute approximate surface area is 128 Å². The Morgan fingerprint density at radius 2 is 1.95 bits per heavy atom. The molecule has 0 radical (unpaired) electrons. The minimum Gasteiger partial charge on any atom is -0.375 e. The maximum Gasteiger partial charge on any atom is 0.353 e. The van der Waals surface area contributed by atoms with Crippen LogP contribution in [-0.2, 0) is 14.3 Å². The lowest BCUT2D eigenvalue weighted by molar-refractivity contribution is -0.552. The summed E-state index contributed by atoms with van der Waals surface area (Å²) >= 11 is 0. The van der Waals surface area contributed by atoms with E-state index in [1.165, 1.54) is 0 Å². The average molecular weight is 303 g/mol. The van der Waals surface area contributed by atoms with Crippen LogP contribution in [-0.4, -0.2) is 54.7 Å². The Morgan fingerprint density at radius 3 is 2.68 bits per heavy atom. The maximum absolute atomic E-state index is 12.3. The van der Waals surface area contributed by atoms with E-state index in [2.05, 4.69) is 16.0 Å². The van der Waals surface area contributed by atoms with Crippen LogP contribution in [0, 0.1) is 0 Å². The summed E-state index contributed by atoms with van der Waals surface area (Å²) in [7, 11) is 0. The number of ether oxygens (including phenoxy) is 1. The van der Waals surface area contributed by atoms with Crippen LogP contribution in [0.5, 0.6) is 0 Å². The number of hydrogen-bond acceptors (Lipinski definition) is 3. The molecule has 0 spiro atoms. The van der Waals surface area contributed by atoms with Crippen LogP contribution in [0.1, 0.15) is 6.42 Å². The molecule has 2 aliphatic rings. The van der Waals surface area contributed by atoms with Gasteiger partial charge in [-0.1, -0.05) is 18.2 Å². The summed E-state index contributed by atoms with van der Waals surface area (Å²) < 4.78 is 7.29. The molecular weight excluding hydrogens is 284 g/mol. The molecule has 3 rings (SSSR count). The molecule has 1 aromatic carbocycles. The number of carbonyl (C=O) groups is 2. The van der Waals surface area contributed by atoms with Gasteiger partial charge < -0.3 is 10.1 Å². The number of guanidine groups is 1. The van der Waals surface area contributed by atoms with Crippen LogP contribution in [0.25, 0.3) is 0 Å². The molecule has 2 amide bonds. The summed E-state index contributed by atoms with van der Waals surface area (Å²) in [5, 5.41) is 8.73. The molecule has 0 bridgehead atoms. The van der Waals surface area contributed by atoms with Gasteiger partial charge in [0, 0.05) is 5.69 Å². The highest BCUT2D eigenvalue weighted by molar-refractivity contribution is 6.05. The second kappa shape index (κ2) is 6.57. The molecule has 1 aromatic rings. The number of para-hydroxylation sites is 1. The first-order valence-electron chi connectivity index (χ1n) is 7.34. The Morgan fingerprint density at radius 1 is 1.23 bits per heavy atom. The van der Waals surface area contributed by atoms with Crippen molar-refractivity contribution in [3.63, 3.8) is 0 Å². The number of amides is 2. The van der Waals surface area contributed by atoms with Crippen molar-refractivity contribution < 1.29 is 18.9 Å². The largest absolute Gasteiger partial charge is 0.375 e. The first-order chi connectivity index (χ1) is 10.7. The molecule has 116 valence electrons. The molecule has 3 N–H and O–H groups in total. The summed E-state index contributed by atoms with van der Waals surface area (Å²) in [6.07, 6.45) is 0.118. The number of nitrogens with one attached hydrogen (secondary N) is 3. The molecule has 7 heteroatoms. The summed E-state index contributed by atoms with van der Waals surface area (Å²) in [4.78, 5) is 24.2. The Kier molecular flexibility index (Phi) is 4.34. The molecule has 1 atom stereocenters. The first kappa shape index (κ1) is 14.5. The van der Waals surface area contributed by atoms with Gasteiger partial charge in [0.25, 0.3) is 11.8 Å². The van der Waals surface area contributed by atoms with Crippen molar-refractivity contribution in [3.8, 4) is 0 Å². The molecule has 0 saturated carbocycles. The summed E-state index contributed by atoms with van der Waals surface area (Å²) in [6, 6.07) is 8.63. The van der Waals surface area contributed by atoms with E-state index < -0.39 is 6.04 Å². The van der Waals surface area contributed by atoms with Gasteiger partial charge in [-0.2, -0.15) is 0 Å². The number of hydrogen-bond donors (Lipinski definition) is 3. The topological polar surface area (TPSA) is 82.5 Å². The molecule has 7 nitrogen and oxygen atoms in total. The smallest absolute Gasteiger partial charge is 0.353 e. The van der Waals surface area contributed by atoms with Crippen molar-refractivity contribution in [2.45, 2.75) is 12.5 Å². The fourth-order valence-electron chi connectivity index (χ4n) is 2.49. The van der Waals surface area contributed by atoms with E-state index in [-0.39, 0.29) is 18.2 Å². The molecule has 0 aromatic heterocycles. The van der Waals surface area contributed by atoms with E-state index >= 15 is 0 Å². The molecule has 22 heavy (non-hydrogen) atoms. The molecule has 2 aliphatic heterocycles. The lowest BCUT2D eigenvalue weighted by atomic mass is 10.1. The van der Waals surface area contributed by atoms with Crippen LogP contribution >= 0.6 is 0 Å². The number of nitrogens with zero attached hydrogens (tertiary/aromatic N) is 1. The number of morpholine rings is 1. The van der Waals surface area contributed by atoms with Gasteiger partial charge in [-0.15, -0.1) is 0 Å². The van der Waals surface area contributed by atoms with Crippen molar-refractivity contribution in [1.29, 1.82) is 0 Å². The van der Waals surface area contributed by atoms with Gasteiger partial charge in [0.05, 0.1) is 32.7 Å². The van der Waals surface area contributed by atoms with Crippen molar-refractivity contribution in [1.82, 2.24) is 10.6 Å². The monoisotopic (exact) mass is 303 g/mol. The first-order valence-corrected chi connectivity index (χ1v) is 7.34. The zero-order valence-corrected chi connectivity index (χ0v) is 12.2. The second-order valence-corrected chi connectivity index (χ2v) is 5.25. The molecule has 1 unspecified atom stereocenters. The molecule has 2 fully saturated rings. The van der Waals surface area contributed by atoms with E-state index in [1.54, 1.807) is 0 Å². The van der Waals surface area contributed by atoms with Crippen LogP contribution in [0.15, 0.2) is 30.3 Å². The SMILES string of the molecule is O=C1CC(C(=O)Nc2ccccc2)NC(=[N+]2CCOCC2)N1. The molecule has 0 aliphatic carbocycles. The van der Waals surface area contributed by atoms with Crippen molar-refractivity contribution in [3.05, 3.63) is 30.3 Å². The van der Waals surface area contributed by atoms with Gasteiger partial charge in [-0.3, -0.25) is 19.5 Å². The van der Waals surface area contributed by atoms with E-state index in [0.717, 1.165) is 0 Å². The highest BCUT2D eigenvalue weighted by Crippen LogP contribution is 2.08. The molecular formula is C15H19N4O3+. The highest BCUT2D eigenvalue weighted by Gasteiger charge is 2.35. The Bertz CT molecular complexity index is 592. The number of benzene rings is 1. The van der Waals surface area contributed by atoms with Gasteiger partial charge in [-0.25, -0.2) is 5.32 Å². The normalized spacial score (nSPS) is 21.8. The van der Waals surface area contributed by atoms with E-state index in [0.29, 0.717) is 38.0 Å². The summed E-state index contributed by atoms with van der Waals surface area (Å²) in [5.41, 5.74) is 0.716. The average Bonchev–Trinajstić information content (AvgIpc) is 2.56. The Hall–Kier alpha value is -2.41. The van der Waals surface area contributed by atoms with E-state index in [9.17, 15) is 9.59 Å². The minimum atomic E-state index is -0.577. The van der Waals surface area contributed by atoms with E-state index in [4.69, 9.17) is 4.74 Å². The summed E-state index contributed by atoms with van der Waals surface area (Å²) in [5.74, 6) is 0.216. The van der Waals surface area contributed by atoms with Gasteiger partial charge in [-0.05, 0) is 12.1 Å². The van der Waals surface area contributed by atoms with Crippen molar-refractivity contribution in [2.75, 3.05) is 31.6 Å². The standard InChI is InChI=1S/C15H18N4O3/c20-13-10-12(14(21)16-11-4-2-1-3-5-11)17-15(18-13)19-6-8-22-9-7-19/h1-5,12H,6-10H2,(H2,16,17,18,20,21)/p+1. The van der Waals surface area contributed by atoms with Gasteiger partial charge >= 0.3 is 5.96 Å². The van der Waals surface area contributed by atoms with Crippen LogP contribution in [0.3, 0.4) is 0 Å². The lowest BCUT2D eigenvalue weighted by Crippen LogP contribution is -2.61. The third kappa shape index (κ3) is 3.43. The number of rotatable bonds is 2. The second-order valence-electron chi connectivity index (χ2n) is 5.25. The fourth-order valence-corrected chi connectivity index (χ4v) is 2.49. The van der Waals surface area contributed by atoms with Crippen molar-refractivity contribution >= 4 is 23.5 Å². The lowest BCUT2D eigenvalue weighted by Gasteiger charge is -2.24. The zero-order chi connectivity index (χ0) is 15.4. The fraction of sp³-hybridized carbons (Fsp3) is 0.400. The Balaban J connectivity index is 1.70. The maximum atomic E-state index is 12.3. The van der Waals surface area contributed by atoms with Gasteiger partial charge in [0.1, 0.15) is 0 Å². The van der Waals surface area contributed by atoms with Crippen LogP contribution < -0.4 is 16.0 Å². The minimum absolute atomic E-state index is 0.118. The van der Waals surface area contributed by atoms with Crippen molar-refractivity contribution in [2.24, 2.45) is 0 Å². The van der Waals surface area contributed by atoms with Gasteiger partial charge in [0.15, 0.2) is 6.04 Å². The predicted octanol–water partition coefficient (Wildman–Crippen LogP) is -0.498.